The van der Waals surface area contributed by atoms with Crippen LogP contribution in [0.1, 0.15) is 41.3 Å². The molecule has 266 valence electrons. The van der Waals surface area contributed by atoms with Gasteiger partial charge < -0.3 is 0 Å². The quantitative estimate of drug-likeness (QED) is 0.147. The van der Waals surface area contributed by atoms with E-state index in [1.165, 1.54) is 38.9 Å². The molecule has 2 aliphatic carbocycles. The second-order valence-electron chi connectivity index (χ2n) is 14.2. The second-order valence-corrected chi connectivity index (χ2v) is 14.2. The number of aromatic nitrogens is 3. The average Bonchev–Trinajstić information content (AvgIpc) is 3.27. The topological polar surface area (TPSA) is 38.7 Å². The lowest BCUT2D eigenvalue weighted by molar-refractivity contribution is 1.02. The van der Waals surface area contributed by atoms with Gasteiger partial charge in [0.15, 0.2) is 5.82 Å². The minimum absolute atomic E-state index is 0.717. The summed E-state index contributed by atoms with van der Waals surface area (Å²) in [6.07, 6.45) is 12.7. The lowest BCUT2D eigenvalue weighted by Crippen LogP contribution is -2.02. The zero-order valence-electron chi connectivity index (χ0n) is 31.5. The van der Waals surface area contributed by atoms with Gasteiger partial charge in [-0.15, -0.1) is 0 Å². The fourth-order valence-corrected chi connectivity index (χ4v) is 7.59. The summed E-state index contributed by atoms with van der Waals surface area (Å²) in [5.74, 6) is 0.717. The Kier molecular flexibility index (Phi) is 9.46. The summed E-state index contributed by atoms with van der Waals surface area (Å²) >= 11 is 0. The smallest absolute Gasteiger partial charge is 0.160 e. The van der Waals surface area contributed by atoms with Crippen LogP contribution in [0.15, 0.2) is 187 Å². The summed E-state index contributed by atoms with van der Waals surface area (Å²) in [5, 5.41) is 0. The molecule has 0 atom stereocenters. The molecule has 2 aliphatic rings. The van der Waals surface area contributed by atoms with Crippen molar-refractivity contribution in [3.05, 3.63) is 216 Å². The van der Waals surface area contributed by atoms with Crippen LogP contribution in [-0.4, -0.2) is 15.0 Å². The summed E-state index contributed by atoms with van der Waals surface area (Å²) in [7, 11) is 0. The zero-order chi connectivity index (χ0) is 37.8. The molecule has 5 aromatic carbocycles. The maximum atomic E-state index is 5.18. The molecule has 0 bridgehead atoms. The van der Waals surface area contributed by atoms with Gasteiger partial charge in [0.25, 0.3) is 0 Å². The van der Waals surface area contributed by atoms with Gasteiger partial charge in [-0.1, -0.05) is 151 Å². The van der Waals surface area contributed by atoms with Crippen molar-refractivity contribution in [3.63, 3.8) is 0 Å². The van der Waals surface area contributed by atoms with Gasteiger partial charge in [-0.2, -0.15) is 0 Å². The summed E-state index contributed by atoms with van der Waals surface area (Å²) in [6.45, 7) is 4.05. The molecule has 0 aliphatic heterocycles. The molecule has 2 aromatic heterocycles. The molecule has 56 heavy (non-hydrogen) atoms. The van der Waals surface area contributed by atoms with Crippen molar-refractivity contribution in [1.29, 1.82) is 0 Å². The highest BCUT2D eigenvalue weighted by molar-refractivity contribution is 5.98. The number of nitrogens with zero attached hydrogens (tertiary/aromatic N) is 3. The highest BCUT2D eigenvalue weighted by Crippen LogP contribution is 2.44. The highest BCUT2D eigenvalue weighted by Gasteiger charge is 2.19. The van der Waals surface area contributed by atoms with E-state index in [-0.39, 0.29) is 0 Å². The Bertz CT molecular complexity index is 2730. The zero-order valence-corrected chi connectivity index (χ0v) is 31.5. The molecule has 0 spiro atoms. The predicted octanol–water partition coefficient (Wildman–Crippen LogP) is 13.3. The van der Waals surface area contributed by atoms with E-state index in [2.05, 4.69) is 175 Å². The van der Waals surface area contributed by atoms with Crippen LogP contribution >= 0.6 is 0 Å². The van der Waals surface area contributed by atoms with Crippen molar-refractivity contribution in [3.8, 4) is 55.8 Å². The fraction of sp³-hybridized carbons (Fsp3) is 0.0755. The van der Waals surface area contributed by atoms with Gasteiger partial charge in [0.05, 0.1) is 11.4 Å². The summed E-state index contributed by atoms with van der Waals surface area (Å²) in [6, 6.07) is 51.9. The lowest BCUT2D eigenvalue weighted by Gasteiger charge is -2.19. The van der Waals surface area contributed by atoms with Crippen LogP contribution in [0.25, 0.3) is 72.5 Å². The molecule has 0 amide bonds. The average molecular weight is 718 g/mol. The summed E-state index contributed by atoms with van der Waals surface area (Å²) < 4.78 is 0. The molecular formula is C53H39N3. The van der Waals surface area contributed by atoms with Crippen molar-refractivity contribution in [1.82, 2.24) is 15.0 Å². The van der Waals surface area contributed by atoms with Gasteiger partial charge in [0.1, 0.15) is 0 Å². The van der Waals surface area contributed by atoms with E-state index >= 15 is 0 Å². The van der Waals surface area contributed by atoms with Gasteiger partial charge in [-0.3, -0.25) is 4.98 Å². The molecule has 2 heterocycles. The minimum Gasteiger partial charge on any atom is -0.258 e. The molecule has 0 saturated carbocycles. The van der Waals surface area contributed by atoms with Gasteiger partial charge in [-0.05, 0) is 108 Å². The fourth-order valence-electron chi connectivity index (χ4n) is 7.59. The Morgan fingerprint density at radius 1 is 0.500 bits per heavy atom. The third kappa shape index (κ3) is 7.09. The largest absolute Gasteiger partial charge is 0.258 e. The SMILES string of the molecule is Cc1ccc(C2=C=C=CC(c3cc(-c4ccc(-c5c(-c6ccccc6)cc(-c6ccccc6)cc5-c5ccccc5)cc4)nc(C4=CCCC=C4)n3)=C2)c(C)n1. The molecule has 0 unspecified atom stereocenters. The van der Waals surface area contributed by atoms with E-state index in [9.17, 15) is 0 Å². The van der Waals surface area contributed by atoms with E-state index in [0.717, 1.165) is 69.0 Å². The Labute approximate surface area is 328 Å². The first-order valence-electron chi connectivity index (χ1n) is 19.2. The number of rotatable bonds is 8. The first-order chi connectivity index (χ1) is 27.6. The van der Waals surface area contributed by atoms with Crippen molar-refractivity contribution in [2.45, 2.75) is 26.7 Å². The molecular weight excluding hydrogens is 679 g/mol. The maximum absolute atomic E-state index is 5.18. The Hall–Kier alpha value is -7.15. The van der Waals surface area contributed by atoms with E-state index in [1.54, 1.807) is 0 Å². The number of hydrogen-bond donors (Lipinski definition) is 0. The van der Waals surface area contributed by atoms with Crippen molar-refractivity contribution < 1.29 is 0 Å². The maximum Gasteiger partial charge on any atom is 0.160 e. The van der Waals surface area contributed by atoms with E-state index in [4.69, 9.17) is 15.0 Å². The third-order valence-electron chi connectivity index (χ3n) is 10.4. The number of hydrogen-bond acceptors (Lipinski definition) is 3. The molecule has 0 radical (unpaired) electrons. The lowest BCUT2D eigenvalue weighted by atomic mass is 9.84. The highest BCUT2D eigenvalue weighted by atomic mass is 14.9. The first kappa shape index (κ1) is 34.6. The van der Waals surface area contributed by atoms with Crippen molar-refractivity contribution >= 4 is 16.7 Å². The predicted molar refractivity (Wildman–Crippen MR) is 232 cm³/mol. The molecule has 3 heteroatoms. The van der Waals surface area contributed by atoms with Crippen LogP contribution in [0.4, 0.5) is 0 Å². The van der Waals surface area contributed by atoms with Crippen molar-refractivity contribution in [2.24, 2.45) is 0 Å². The molecule has 0 saturated heterocycles. The summed E-state index contributed by atoms with van der Waals surface area (Å²) in [4.78, 5) is 15.0. The van der Waals surface area contributed by atoms with Crippen LogP contribution < -0.4 is 0 Å². The number of allylic oxidation sites excluding steroid dienone is 8. The summed E-state index contributed by atoms with van der Waals surface area (Å²) in [5.41, 5.74) is 24.7. The van der Waals surface area contributed by atoms with Crippen LogP contribution in [0.3, 0.4) is 0 Å². The van der Waals surface area contributed by atoms with E-state index in [1.807, 2.05) is 26.0 Å². The van der Waals surface area contributed by atoms with Crippen LogP contribution in [0.5, 0.6) is 0 Å². The second kappa shape index (κ2) is 15.3. The van der Waals surface area contributed by atoms with E-state index in [0.29, 0.717) is 5.82 Å². The van der Waals surface area contributed by atoms with Gasteiger partial charge >= 0.3 is 0 Å². The Morgan fingerprint density at radius 2 is 1.12 bits per heavy atom. The van der Waals surface area contributed by atoms with Crippen LogP contribution in [-0.2, 0) is 0 Å². The Balaban J connectivity index is 1.17. The van der Waals surface area contributed by atoms with Gasteiger partial charge in [0, 0.05) is 39.2 Å². The minimum atomic E-state index is 0.717. The number of aryl methyl sites for hydroxylation is 2. The number of pyridine rings is 1. The molecule has 7 aromatic rings. The standard InChI is InChI=1S/C53H39N3/c1-36-26-31-47(37(2)54-36)44-24-15-25-45(32-44)51-35-50(55-53(56-51)43-22-13-6-14-23-43)41-27-29-42(30-28-41)52-48(39-18-9-4-10-19-39)33-46(38-16-7-3-8-17-38)34-49(52)40-20-11-5-12-21-40/h3-5,7-13,16-23,25-35H,6,14H2,1-2H3. The molecule has 9 rings (SSSR count). The Morgan fingerprint density at radius 3 is 1.75 bits per heavy atom. The third-order valence-corrected chi connectivity index (χ3v) is 10.4. The molecule has 0 fully saturated rings. The van der Waals surface area contributed by atoms with E-state index < -0.39 is 0 Å². The monoisotopic (exact) mass is 717 g/mol. The molecule has 3 nitrogen and oxygen atoms in total. The van der Waals surface area contributed by atoms with Crippen molar-refractivity contribution in [2.75, 3.05) is 0 Å². The molecule has 0 N–H and O–H groups in total. The van der Waals surface area contributed by atoms with Gasteiger partial charge in [0.2, 0.25) is 0 Å². The van der Waals surface area contributed by atoms with Crippen LogP contribution in [0, 0.1) is 13.8 Å². The normalized spacial score (nSPS) is 13.3. The van der Waals surface area contributed by atoms with Gasteiger partial charge in [-0.25, -0.2) is 9.97 Å². The van der Waals surface area contributed by atoms with Crippen LogP contribution in [0.2, 0.25) is 0 Å². The number of benzene rings is 5. The first-order valence-corrected chi connectivity index (χ1v) is 19.2.